The van der Waals surface area contributed by atoms with Gasteiger partial charge in [0.25, 0.3) is 5.91 Å². The minimum Gasteiger partial charge on any atom is -0.383 e. The van der Waals surface area contributed by atoms with Crippen LogP contribution in [0.15, 0.2) is 10.9 Å². The van der Waals surface area contributed by atoms with E-state index in [1.165, 1.54) is 6.33 Å². The molecule has 0 atom stereocenters. The summed E-state index contributed by atoms with van der Waals surface area (Å²) in [7, 11) is 0. The number of hydrogen-bond donors (Lipinski definition) is 3. The highest BCUT2D eigenvalue weighted by molar-refractivity contribution is 6.06. The summed E-state index contributed by atoms with van der Waals surface area (Å²) in [6.45, 7) is 4.68. The quantitative estimate of drug-likeness (QED) is 0.585. The number of carbonyl (C=O) groups excluding carboxylic acids is 1. The largest absolute Gasteiger partial charge is 0.383 e. The number of aromatic nitrogens is 5. The van der Waals surface area contributed by atoms with Crippen LogP contribution in [0.3, 0.4) is 0 Å². The molecule has 10 nitrogen and oxygen atoms in total. The molecule has 0 aliphatic heterocycles. The Morgan fingerprint density at radius 3 is 2.81 bits per heavy atom. The summed E-state index contributed by atoms with van der Waals surface area (Å²) < 4.78 is 7.31. The molecule has 1 aliphatic rings. The monoisotopic (exact) mass is 370 g/mol. The van der Waals surface area contributed by atoms with E-state index in [2.05, 4.69) is 25.5 Å². The Labute approximate surface area is 155 Å². The lowest BCUT2D eigenvalue weighted by Crippen LogP contribution is -2.29. The maximum Gasteiger partial charge on any atom is 0.257 e. The summed E-state index contributed by atoms with van der Waals surface area (Å²) in [5.74, 6) is 0.798. The number of nitrogens with one attached hydrogen (secondary N) is 1. The topological polar surface area (TPSA) is 151 Å². The zero-order valence-electron chi connectivity index (χ0n) is 15.3. The Morgan fingerprint density at radius 2 is 2.15 bits per heavy atom. The summed E-state index contributed by atoms with van der Waals surface area (Å²) in [5, 5.41) is 12.2. The van der Waals surface area contributed by atoms with Gasteiger partial charge in [-0.2, -0.15) is 5.10 Å². The third-order valence-electron chi connectivity index (χ3n) is 4.56. The van der Waals surface area contributed by atoms with E-state index >= 15 is 0 Å². The molecule has 0 saturated heterocycles. The van der Waals surface area contributed by atoms with Gasteiger partial charge in [0.2, 0.25) is 0 Å². The summed E-state index contributed by atoms with van der Waals surface area (Å²) in [5.41, 5.74) is 13.4. The van der Waals surface area contributed by atoms with Gasteiger partial charge < -0.3 is 21.3 Å². The van der Waals surface area contributed by atoms with Gasteiger partial charge >= 0.3 is 0 Å². The van der Waals surface area contributed by atoms with Gasteiger partial charge in [0.1, 0.15) is 29.1 Å². The summed E-state index contributed by atoms with van der Waals surface area (Å²) >= 11 is 0. The van der Waals surface area contributed by atoms with Gasteiger partial charge in [-0.05, 0) is 26.7 Å². The molecule has 1 saturated carbocycles. The molecule has 1 fully saturated rings. The van der Waals surface area contributed by atoms with Crippen molar-refractivity contribution in [3.05, 3.63) is 17.7 Å². The van der Waals surface area contributed by atoms with Crippen LogP contribution in [0.2, 0.25) is 0 Å². The van der Waals surface area contributed by atoms with Crippen LogP contribution in [0.1, 0.15) is 54.8 Å². The Balaban J connectivity index is 1.93. The third-order valence-corrected chi connectivity index (χ3v) is 4.56. The van der Waals surface area contributed by atoms with Crippen LogP contribution in [-0.4, -0.2) is 43.9 Å². The van der Waals surface area contributed by atoms with E-state index in [0.29, 0.717) is 46.8 Å². The Morgan fingerprint density at radius 1 is 1.37 bits per heavy atom. The predicted octanol–water partition coefficient (Wildman–Crippen LogP) is 1.21. The van der Waals surface area contributed by atoms with E-state index in [1.54, 1.807) is 4.68 Å². The molecule has 27 heavy (non-hydrogen) atoms. The lowest BCUT2D eigenvalue weighted by atomic mass is 10.1. The average Bonchev–Trinajstić information content (AvgIpc) is 3.26. The Bertz CT molecular complexity index is 1000. The van der Waals surface area contributed by atoms with E-state index in [4.69, 9.17) is 16.0 Å². The van der Waals surface area contributed by atoms with Crippen molar-refractivity contribution in [3.63, 3.8) is 0 Å². The van der Waals surface area contributed by atoms with Crippen LogP contribution in [-0.2, 0) is 0 Å². The molecule has 5 N–H and O–H groups in total. The molecule has 0 spiro atoms. The number of carbonyl (C=O) groups is 1. The molecule has 1 aliphatic carbocycles. The smallest absolute Gasteiger partial charge is 0.257 e. The standard InChI is InChI=1S/C17H22N8O2/c1-8(2)25-16-11(15(19)21-7-22-16)12(23-25)13-10(17(26)20-6-5-18)14(27-24-13)9-3-4-9/h7-9H,3-6,18H2,1-2H3,(H,20,26)(H2,19,21,22). The summed E-state index contributed by atoms with van der Waals surface area (Å²) in [4.78, 5) is 21.2. The molecule has 0 unspecified atom stereocenters. The van der Waals surface area contributed by atoms with Crippen molar-refractivity contribution in [2.75, 3.05) is 18.8 Å². The van der Waals surface area contributed by atoms with E-state index in [-0.39, 0.29) is 23.7 Å². The Hall–Kier alpha value is -3.01. The average molecular weight is 370 g/mol. The highest BCUT2D eigenvalue weighted by atomic mass is 16.5. The van der Waals surface area contributed by atoms with Crippen molar-refractivity contribution >= 4 is 22.8 Å². The van der Waals surface area contributed by atoms with Crippen LogP contribution in [0.25, 0.3) is 22.4 Å². The molecule has 3 heterocycles. The zero-order valence-corrected chi connectivity index (χ0v) is 15.3. The van der Waals surface area contributed by atoms with Crippen molar-refractivity contribution in [3.8, 4) is 11.4 Å². The first-order valence-electron chi connectivity index (χ1n) is 8.99. The second kappa shape index (κ2) is 6.62. The summed E-state index contributed by atoms with van der Waals surface area (Å²) in [6, 6.07) is 0.0415. The molecule has 0 aromatic carbocycles. The van der Waals surface area contributed by atoms with E-state index in [9.17, 15) is 4.79 Å². The van der Waals surface area contributed by atoms with Crippen molar-refractivity contribution in [1.82, 2.24) is 30.2 Å². The molecule has 4 rings (SSSR count). The first-order valence-corrected chi connectivity index (χ1v) is 8.99. The normalized spacial score (nSPS) is 14.2. The molecule has 3 aromatic heterocycles. The van der Waals surface area contributed by atoms with Crippen molar-refractivity contribution in [1.29, 1.82) is 0 Å². The minimum atomic E-state index is -0.277. The number of amides is 1. The van der Waals surface area contributed by atoms with E-state index < -0.39 is 0 Å². The number of fused-ring (bicyclic) bond motifs is 1. The molecule has 142 valence electrons. The van der Waals surface area contributed by atoms with Crippen molar-refractivity contribution < 1.29 is 9.32 Å². The van der Waals surface area contributed by atoms with Crippen LogP contribution < -0.4 is 16.8 Å². The molecule has 1 amide bonds. The molecular formula is C17H22N8O2. The van der Waals surface area contributed by atoms with Gasteiger partial charge in [-0.3, -0.25) is 4.79 Å². The molecule has 0 radical (unpaired) electrons. The number of nitrogens with zero attached hydrogens (tertiary/aromatic N) is 5. The number of hydrogen-bond acceptors (Lipinski definition) is 8. The van der Waals surface area contributed by atoms with Crippen LogP contribution in [0, 0.1) is 0 Å². The fourth-order valence-electron chi connectivity index (χ4n) is 3.10. The van der Waals surface area contributed by atoms with Crippen molar-refractivity contribution in [2.24, 2.45) is 5.73 Å². The van der Waals surface area contributed by atoms with Gasteiger partial charge in [0.05, 0.1) is 5.39 Å². The third kappa shape index (κ3) is 2.91. The van der Waals surface area contributed by atoms with Crippen LogP contribution in [0.5, 0.6) is 0 Å². The maximum atomic E-state index is 12.8. The number of nitrogen functional groups attached to an aromatic ring is 1. The van der Waals surface area contributed by atoms with Gasteiger partial charge in [0, 0.05) is 25.0 Å². The minimum absolute atomic E-state index is 0.0415. The number of nitrogens with two attached hydrogens (primary N) is 2. The summed E-state index contributed by atoms with van der Waals surface area (Å²) in [6.07, 6.45) is 3.34. The lowest BCUT2D eigenvalue weighted by molar-refractivity contribution is 0.0953. The molecule has 3 aromatic rings. The molecule has 0 bridgehead atoms. The van der Waals surface area contributed by atoms with Crippen LogP contribution >= 0.6 is 0 Å². The fourth-order valence-corrected chi connectivity index (χ4v) is 3.10. The SMILES string of the molecule is CC(C)n1nc(-c2noc(C3CC3)c2C(=O)NCCN)c2c(N)ncnc21. The molecular weight excluding hydrogens is 348 g/mol. The fraction of sp³-hybridized carbons (Fsp3) is 0.471. The van der Waals surface area contributed by atoms with Gasteiger partial charge in [0.15, 0.2) is 11.4 Å². The zero-order chi connectivity index (χ0) is 19.1. The number of anilines is 1. The molecule has 10 heteroatoms. The van der Waals surface area contributed by atoms with Gasteiger partial charge in [-0.15, -0.1) is 0 Å². The van der Waals surface area contributed by atoms with Crippen LogP contribution in [0.4, 0.5) is 5.82 Å². The van der Waals surface area contributed by atoms with E-state index in [1.807, 2.05) is 13.8 Å². The maximum absolute atomic E-state index is 12.8. The predicted molar refractivity (Wildman–Crippen MR) is 99.0 cm³/mol. The second-order valence-corrected chi connectivity index (χ2v) is 6.93. The first-order chi connectivity index (χ1) is 13.0. The van der Waals surface area contributed by atoms with Crippen molar-refractivity contribution in [2.45, 2.75) is 38.6 Å². The second-order valence-electron chi connectivity index (χ2n) is 6.93. The first kappa shape index (κ1) is 17.4. The van der Waals surface area contributed by atoms with Gasteiger partial charge in [-0.25, -0.2) is 14.6 Å². The highest BCUT2D eigenvalue weighted by Gasteiger charge is 2.37. The van der Waals surface area contributed by atoms with E-state index in [0.717, 1.165) is 12.8 Å². The number of rotatable bonds is 6. The highest BCUT2D eigenvalue weighted by Crippen LogP contribution is 2.44. The lowest BCUT2D eigenvalue weighted by Gasteiger charge is -2.05. The Kier molecular flexibility index (Phi) is 4.27. The van der Waals surface area contributed by atoms with Gasteiger partial charge in [-0.1, -0.05) is 5.16 Å².